The number of rotatable bonds is 6. The summed E-state index contributed by atoms with van der Waals surface area (Å²) in [6.07, 6.45) is 0. The number of halogens is 1. The van der Waals surface area contributed by atoms with Gasteiger partial charge < -0.3 is 15.1 Å². The van der Waals surface area contributed by atoms with Crippen LogP contribution in [0, 0.1) is 6.92 Å². The largest absolute Gasteiger partial charge is 0.355 e. The van der Waals surface area contributed by atoms with Crippen LogP contribution in [0.15, 0.2) is 10.4 Å². The van der Waals surface area contributed by atoms with E-state index in [0.717, 1.165) is 42.8 Å². The van der Waals surface area contributed by atoms with Crippen LogP contribution in [0.2, 0.25) is 0 Å². The molecule has 1 rings (SSSR count). The lowest BCUT2D eigenvalue weighted by molar-refractivity contribution is 0.353. The Morgan fingerprint density at radius 3 is 2.65 bits per heavy atom. The molecule has 0 amide bonds. The quantitative estimate of drug-likeness (QED) is 0.442. The third-order valence-corrected chi connectivity index (χ3v) is 3.78. The second-order valence-electron chi connectivity index (χ2n) is 4.58. The average Bonchev–Trinajstić information content (AvgIpc) is 2.79. The molecule has 0 saturated carbocycles. The number of nitrogens with zero attached hydrogens (tertiary/aromatic N) is 4. The number of guanidine groups is 1. The van der Waals surface area contributed by atoms with Crippen LogP contribution in [0.3, 0.4) is 0 Å². The summed E-state index contributed by atoms with van der Waals surface area (Å²) >= 11 is 1.69. The van der Waals surface area contributed by atoms with Gasteiger partial charge in [-0.1, -0.05) is 6.92 Å². The van der Waals surface area contributed by atoms with Crippen LogP contribution in [0.25, 0.3) is 0 Å². The molecule has 0 aliphatic rings. The number of likely N-dealkylation sites (N-methyl/N-ethyl adjacent to an activating group) is 1. The lowest BCUT2D eigenvalue weighted by Gasteiger charge is -2.22. The molecule has 1 heterocycles. The van der Waals surface area contributed by atoms with E-state index in [1.54, 1.807) is 11.3 Å². The fourth-order valence-corrected chi connectivity index (χ4v) is 2.30. The molecule has 0 aliphatic heterocycles. The molecule has 20 heavy (non-hydrogen) atoms. The Morgan fingerprint density at radius 1 is 1.45 bits per heavy atom. The predicted molar refractivity (Wildman–Crippen MR) is 98.3 cm³/mol. The Kier molecular flexibility index (Phi) is 10.1. The number of hydrogen-bond donors (Lipinski definition) is 1. The summed E-state index contributed by atoms with van der Waals surface area (Å²) in [4.78, 5) is 13.1. The minimum Gasteiger partial charge on any atom is -0.355 e. The first-order valence-electron chi connectivity index (χ1n) is 6.58. The summed E-state index contributed by atoms with van der Waals surface area (Å²) in [5.41, 5.74) is 1.10. The maximum atomic E-state index is 4.47. The van der Waals surface area contributed by atoms with Crippen LogP contribution in [-0.2, 0) is 6.54 Å². The van der Waals surface area contributed by atoms with E-state index < -0.39 is 0 Å². The number of nitrogens with one attached hydrogen (secondary N) is 1. The minimum atomic E-state index is 0. The Hall–Kier alpha value is -0.410. The van der Waals surface area contributed by atoms with E-state index in [9.17, 15) is 0 Å². The van der Waals surface area contributed by atoms with Crippen LogP contribution in [0.4, 0.5) is 0 Å². The molecule has 0 radical (unpaired) electrons. The summed E-state index contributed by atoms with van der Waals surface area (Å²) in [6, 6.07) is 0. The third kappa shape index (κ3) is 6.85. The lowest BCUT2D eigenvalue weighted by Crippen LogP contribution is -2.41. The molecule has 0 unspecified atom stereocenters. The summed E-state index contributed by atoms with van der Waals surface area (Å²) in [5.74, 6) is 0.912. The van der Waals surface area contributed by atoms with Gasteiger partial charge in [0.25, 0.3) is 0 Å². The van der Waals surface area contributed by atoms with Crippen molar-refractivity contribution in [1.29, 1.82) is 0 Å². The van der Waals surface area contributed by atoms with Gasteiger partial charge in [-0.2, -0.15) is 0 Å². The highest BCUT2D eigenvalue weighted by Crippen LogP contribution is 2.09. The Morgan fingerprint density at radius 2 is 2.15 bits per heavy atom. The van der Waals surface area contributed by atoms with Crippen LogP contribution in [0.1, 0.15) is 17.6 Å². The molecule has 1 aromatic rings. The van der Waals surface area contributed by atoms with Gasteiger partial charge in [-0.05, 0) is 20.5 Å². The van der Waals surface area contributed by atoms with Crippen LogP contribution >= 0.6 is 35.3 Å². The molecule has 0 fully saturated rings. The van der Waals surface area contributed by atoms with Gasteiger partial charge in [0.1, 0.15) is 0 Å². The first-order chi connectivity index (χ1) is 9.06. The van der Waals surface area contributed by atoms with Gasteiger partial charge in [0, 0.05) is 32.6 Å². The van der Waals surface area contributed by atoms with Crippen molar-refractivity contribution in [1.82, 2.24) is 20.1 Å². The van der Waals surface area contributed by atoms with E-state index in [2.05, 4.69) is 44.4 Å². The number of aromatic nitrogens is 1. The van der Waals surface area contributed by atoms with Gasteiger partial charge in [0.05, 0.1) is 17.2 Å². The van der Waals surface area contributed by atoms with Crippen LogP contribution in [0.5, 0.6) is 0 Å². The first kappa shape index (κ1) is 19.6. The van der Waals surface area contributed by atoms with E-state index in [-0.39, 0.29) is 24.0 Å². The smallest absolute Gasteiger partial charge is 0.193 e. The molecule has 1 aromatic heterocycles. The Balaban J connectivity index is 0.00000361. The van der Waals surface area contributed by atoms with Crippen LogP contribution in [-0.4, -0.2) is 61.5 Å². The number of aliphatic imine (C=N–C) groups is 1. The molecule has 0 spiro atoms. The highest BCUT2D eigenvalue weighted by molar-refractivity contribution is 14.0. The van der Waals surface area contributed by atoms with Gasteiger partial charge >= 0.3 is 0 Å². The van der Waals surface area contributed by atoms with Crippen molar-refractivity contribution in [3.8, 4) is 0 Å². The summed E-state index contributed by atoms with van der Waals surface area (Å²) in [5, 5.41) is 6.58. The van der Waals surface area contributed by atoms with Gasteiger partial charge in [-0.15, -0.1) is 35.3 Å². The van der Waals surface area contributed by atoms with Crippen molar-refractivity contribution in [2.24, 2.45) is 4.99 Å². The molecule has 0 bridgehead atoms. The molecular weight excluding hydrogens is 385 g/mol. The van der Waals surface area contributed by atoms with Crippen molar-refractivity contribution in [3.05, 3.63) is 16.1 Å². The minimum absolute atomic E-state index is 0. The number of aryl methyl sites for hydroxylation is 1. The molecule has 0 atom stereocenters. The van der Waals surface area contributed by atoms with Crippen molar-refractivity contribution >= 4 is 41.3 Å². The average molecular weight is 411 g/mol. The maximum absolute atomic E-state index is 4.47. The first-order valence-corrected chi connectivity index (χ1v) is 7.46. The van der Waals surface area contributed by atoms with E-state index >= 15 is 0 Å². The van der Waals surface area contributed by atoms with Gasteiger partial charge in [-0.25, -0.2) is 4.98 Å². The fourth-order valence-electron chi connectivity index (χ4n) is 1.70. The number of hydrogen-bond acceptors (Lipinski definition) is 4. The second-order valence-corrected chi connectivity index (χ2v) is 5.65. The zero-order valence-corrected chi connectivity index (χ0v) is 16.2. The highest BCUT2D eigenvalue weighted by Gasteiger charge is 2.08. The normalized spacial score (nSPS) is 11.4. The molecule has 116 valence electrons. The summed E-state index contributed by atoms with van der Waals surface area (Å²) in [6.45, 7) is 7.95. The van der Waals surface area contributed by atoms with E-state index in [4.69, 9.17) is 0 Å². The molecular formula is C13H26IN5S. The topological polar surface area (TPSA) is 43.8 Å². The third-order valence-electron chi connectivity index (χ3n) is 2.96. The van der Waals surface area contributed by atoms with Crippen molar-refractivity contribution < 1.29 is 0 Å². The van der Waals surface area contributed by atoms with Crippen molar-refractivity contribution in [3.63, 3.8) is 0 Å². The molecule has 1 N–H and O–H groups in total. The molecule has 0 saturated heterocycles. The van der Waals surface area contributed by atoms with Gasteiger partial charge in [0.15, 0.2) is 5.96 Å². The highest BCUT2D eigenvalue weighted by atomic mass is 127. The zero-order chi connectivity index (χ0) is 14.3. The van der Waals surface area contributed by atoms with Crippen molar-refractivity contribution in [2.45, 2.75) is 20.4 Å². The lowest BCUT2D eigenvalue weighted by atomic mass is 10.4. The number of thiazole rings is 1. The summed E-state index contributed by atoms with van der Waals surface area (Å²) < 4.78 is 0. The fraction of sp³-hybridized carbons (Fsp3) is 0.692. The SMILES string of the molecule is CCN(C)CCNC(=NC)N(C)Cc1csc(C)n1.I. The Bertz CT molecular complexity index is 407. The van der Waals surface area contributed by atoms with Crippen LogP contribution < -0.4 is 5.32 Å². The summed E-state index contributed by atoms with van der Waals surface area (Å²) in [7, 11) is 5.97. The van der Waals surface area contributed by atoms with Gasteiger partial charge in [0.2, 0.25) is 0 Å². The second kappa shape index (κ2) is 10.3. The molecule has 5 nitrogen and oxygen atoms in total. The van der Waals surface area contributed by atoms with E-state index in [1.807, 2.05) is 21.0 Å². The van der Waals surface area contributed by atoms with E-state index in [0.29, 0.717) is 0 Å². The molecule has 0 aromatic carbocycles. The monoisotopic (exact) mass is 411 g/mol. The van der Waals surface area contributed by atoms with Crippen molar-refractivity contribution in [2.75, 3.05) is 40.8 Å². The van der Waals surface area contributed by atoms with E-state index in [1.165, 1.54) is 0 Å². The molecule has 0 aliphatic carbocycles. The van der Waals surface area contributed by atoms with Gasteiger partial charge in [-0.3, -0.25) is 4.99 Å². The molecule has 7 heteroatoms. The standard InChI is InChI=1S/C13H25N5S.HI/c1-6-17(4)8-7-15-13(14-3)18(5)9-12-10-19-11(2)16-12;/h10H,6-9H2,1-5H3,(H,14,15);1H. The zero-order valence-electron chi connectivity index (χ0n) is 13.0. The predicted octanol–water partition coefficient (Wildman–Crippen LogP) is 2.03. The Labute approximate surface area is 143 Å². The maximum Gasteiger partial charge on any atom is 0.193 e.